The van der Waals surface area contributed by atoms with E-state index in [0.29, 0.717) is 31.6 Å². The highest BCUT2D eigenvalue weighted by atomic mass is 32.1. The van der Waals surface area contributed by atoms with Crippen LogP contribution in [0.1, 0.15) is 28.3 Å². The molecule has 1 aliphatic rings. The Kier molecular flexibility index (Phi) is 5.21. The minimum absolute atomic E-state index is 0.123. The van der Waals surface area contributed by atoms with Crippen molar-refractivity contribution in [2.24, 2.45) is 5.92 Å². The van der Waals surface area contributed by atoms with Gasteiger partial charge in [0.25, 0.3) is 0 Å². The van der Waals surface area contributed by atoms with Gasteiger partial charge in [0.1, 0.15) is 0 Å². The number of likely N-dealkylation sites (tertiary alicyclic amines) is 1. The molecule has 4 nitrogen and oxygen atoms in total. The number of halogens is 3. The van der Waals surface area contributed by atoms with E-state index >= 15 is 0 Å². The lowest BCUT2D eigenvalue weighted by Gasteiger charge is -2.31. The van der Waals surface area contributed by atoms with E-state index in [9.17, 15) is 18.0 Å². The van der Waals surface area contributed by atoms with Crippen molar-refractivity contribution >= 4 is 17.3 Å². The molecule has 2 heterocycles. The number of hydrogen-bond acceptors (Lipinski definition) is 5. The van der Waals surface area contributed by atoms with E-state index in [0.717, 1.165) is 5.01 Å². The van der Waals surface area contributed by atoms with Gasteiger partial charge < -0.3 is 4.74 Å². The first-order chi connectivity index (χ1) is 9.83. The van der Waals surface area contributed by atoms with Gasteiger partial charge >= 0.3 is 12.1 Å². The van der Waals surface area contributed by atoms with Crippen LogP contribution in [0.25, 0.3) is 0 Å². The molecule has 0 bridgehead atoms. The summed E-state index contributed by atoms with van der Waals surface area (Å²) in [6.45, 7) is 1.96. The molecule has 0 amide bonds. The van der Waals surface area contributed by atoms with Gasteiger partial charge in [-0.1, -0.05) is 0 Å². The monoisotopic (exact) mass is 322 g/mol. The van der Waals surface area contributed by atoms with Crippen LogP contribution in [0.4, 0.5) is 13.2 Å². The number of nitrogens with zero attached hydrogens (tertiary/aromatic N) is 2. The second-order valence-corrected chi connectivity index (χ2v) is 6.25. The van der Waals surface area contributed by atoms with Crippen molar-refractivity contribution in [3.63, 3.8) is 0 Å². The molecule has 0 atom stereocenters. The van der Waals surface area contributed by atoms with Crippen molar-refractivity contribution in [1.82, 2.24) is 9.88 Å². The van der Waals surface area contributed by atoms with Gasteiger partial charge in [-0.25, -0.2) is 9.78 Å². The maximum Gasteiger partial charge on any atom is 0.401 e. The van der Waals surface area contributed by atoms with Gasteiger partial charge in [-0.2, -0.15) is 13.2 Å². The molecule has 1 aliphatic heterocycles. The zero-order valence-corrected chi connectivity index (χ0v) is 12.5. The number of aromatic nitrogens is 1. The second kappa shape index (κ2) is 6.74. The topological polar surface area (TPSA) is 42.4 Å². The van der Waals surface area contributed by atoms with Crippen molar-refractivity contribution in [3.05, 3.63) is 16.1 Å². The fourth-order valence-electron chi connectivity index (χ4n) is 2.29. The fourth-order valence-corrected chi connectivity index (χ4v) is 2.87. The molecule has 0 saturated carbocycles. The lowest BCUT2D eigenvalue weighted by Crippen LogP contribution is -2.40. The zero-order valence-electron chi connectivity index (χ0n) is 11.7. The van der Waals surface area contributed by atoms with Gasteiger partial charge in [0.2, 0.25) is 0 Å². The normalized spacial score (nSPS) is 17.9. The second-order valence-electron chi connectivity index (χ2n) is 5.18. The molecule has 0 spiro atoms. The van der Waals surface area contributed by atoms with E-state index < -0.39 is 18.7 Å². The first kappa shape index (κ1) is 16.2. The molecule has 1 fully saturated rings. The van der Waals surface area contributed by atoms with Crippen LogP contribution in [0.2, 0.25) is 0 Å². The molecule has 0 aliphatic carbocycles. The standard InChI is InChI=1S/C13H17F3N2O2S/c1-9-17-11(7-21-9)12(19)20-6-10-2-4-18(5-3-10)8-13(14,15)16/h7,10H,2-6,8H2,1H3. The molecule has 1 saturated heterocycles. The minimum atomic E-state index is -4.15. The maximum atomic E-state index is 12.3. The molecular weight excluding hydrogens is 305 g/mol. The van der Waals surface area contributed by atoms with Crippen molar-refractivity contribution in [1.29, 1.82) is 0 Å². The Balaban J connectivity index is 1.70. The fraction of sp³-hybridized carbons (Fsp3) is 0.692. The molecule has 1 aromatic rings. The number of aryl methyl sites for hydroxylation is 1. The summed E-state index contributed by atoms with van der Waals surface area (Å²) in [7, 11) is 0. The van der Waals surface area contributed by atoms with E-state index in [1.165, 1.54) is 16.2 Å². The van der Waals surface area contributed by atoms with E-state index in [-0.39, 0.29) is 12.5 Å². The molecule has 0 unspecified atom stereocenters. The largest absolute Gasteiger partial charge is 0.461 e. The van der Waals surface area contributed by atoms with Gasteiger partial charge in [0.15, 0.2) is 5.69 Å². The van der Waals surface area contributed by atoms with Crippen LogP contribution in [-0.2, 0) is 4.74 Å². The zero-order chi connectivity index (χ0) is 15.5. The SMILES string of the molecule is Cc1nc(C(=O)OCC2CCN(CC(F)(F)F)CC2)cs1. The lowest BCUT2D eigenvalue weighted by atomic mass is 9.98. The lowest BCUT2D eigenvalue weighted by molar-refractivity contribution is -0.148. The van der Waals surface area contributed by atoms with Crippen LogP contribution in [0.15, 0.2) is 5.38 Å². The molecule has 0 radical (unpaired) electrons. The summed E-state index contributed by atoms with van der Waals surface area (Å²) < 4.78 is 42.0. The molecule has 1 aromatic heterocycles. The Morgan fingerprint density at radius 1 is 1.48 bits per heavy atom. The number of alkyl halides is 3. The predicted molar refractivity (Wildman–Crippen MR) is 72.4 cm³/mol. The van der Waals surface area contributed by atoms with Crippen LogP contribution >= 0.6 is 11.3 Å². The summed E-state index contributed by atoms with van der Waals surface area (Å²) in [5.74, 6) is -0.338. The van der Waals surface area contributed by atoms with E-state index in [4.69, 9.17) is 4.74 Å². The highest BCUT2D eigenvalue weighted by molar-refractivity contribution is 7.09. The Hall–Kier alpha value is -1.15. The number of carbonyl (C=O) groups excluding carboxylic acids is 1. The van der Waals surface area contributed by atoms with E-state index in [1.54, 1.807) is 12.3 Å². The van der Waals surface area contributed by atoms with Crippen LogP contribution in [0, 0.1) is 12.8 Å². The van der Waals surface area contributed by atoms with Gasteiger partial charge in [-0.05, 0) is 38.8 Å². The third-order valence-electron chi connectivity index (χ3n) is 3.39. The first-order valence-corrected chi connectivity index (χ1v) is 7.60. The van der Waals surface area contributed by atoms with Gasteiger partial charge in [-0.3, -0.25) is 4.90 Å². The molecule has 0 aromatic carbocycles. The van der Waals surface area contributed by atoms with Crippen molar-refractivity contribution in [2.75, 3.05) is 26.2 Å². The average Bonchev–Trinajstić information content (AvgIpc) is 2.82. The Labute approximate surface area is 124 Å². The highest BCUT2D eigenvalue weighted by Crippen LogP contribution is 2.23. The van der Waals surface area contributed by atoms with Crippen LogP contribution in [0.3, 0.4) is 0 Å². The van der Waals surface area contributed by atoms with Crippen LogP contribution < -0.4 is 0 Å². The third kappa shape index (κ3) is 5.28. The first-order valence-electron chi connectivity index (χ1n) is 6.72. The smallest absolute Gasteiger partial charge is 0.401 e. The number of carbonyl (C=O) groups is 1. The molecule has 21 heavy (non-hydrogen) atoms. The quantitative estimate of drug-likeness (QED) is 0.800. The summed E-state index contributed by atoms with van der Waals surface area (Å²) in [4.78, 5) is 17.1. The molecule has 0 N–H and O–H groups in total. The number of rotatable bonds is 4. The number of hydrogen-bond donors (Lipinski definition) is 0. The van der Waals surface area contributed by atoms with Crippen molar-refractivity contribution in [2.45, 2.75) is 25.9 Å². The summed E-state index contributed by atoms with van der Waals surface area (Å²) in [6, 6.07) is 0. The minimum Gasteiger partial charge on any atom is -0.461 e. The van der Waals surface area contributed by atoms with Crippen molar-refractivity contribution in [3.8, 4) is 0 Å². The number of ether oxygens (including phenoxy) is 1. The molecule has 2 rings (SSSR count). The predicted octanol–water partition coefficient (Wildman–Crippen LogP) is 2.88. The molecule has 118 valence electrons. The summed E-state index contributed by atoms with van der Waals surface area (Å²) >= 11 is 1.37. The molecular formula is C13H17F3N2O2S. The number of esters is 1. The van der Waals surface area contributed by atoms with Gasteiger partial charge in [0.05, 0.1) is 18.2 Å². The summed E-state index contributed by atoms with van der Waals surface area (Å²) in [5, 5.41) is 2.44. The third-order valence-corrected chi connectivity index (χ3v) is 4.16. The summed E-state index contributed by atoms with van der Waals surface area (Å²) in [6.07, 6.45) is -2.93. The van der Waals surface area contributed by atoms with Gasteiger partial charge in [0, 0.05) is 5.38 Å². The highest BCUT2D eigenvalue weighted by Gasteiger charge is 2.32. The maximum absolute atomic E-state index is 12.3. The average molecular weight is 322 g/mol. The Bertz CT molecular complexity index is 482. The summed E-state index contributed by atoms with van der Waals surface area (Å²) in [5.41, 5.74) is 0.298. The molecule has 8 heteroatoms. The van der Waals surface area contributed by atoms with Crippen LogP contribution in [0.5, 0.6) is 0 Å². The Morgan fingerprint density at radius 3 is 2.67 bits per heavy atom. The Morgan fingerprint density at radius 2 is 2.14 bits per heavy atom. The van der Waals surface area contributed by atoms with Crippen molar-refractivity contribution < 1.29 is 22.7 Å². The number of thiazole rings is 1. The van der Waals surface area contributed by atoms with Crippen LogP contribution in [-0.4, -0.2) is 48.3 Å². The van der Waals surface area contributed by atoms with E-state index in [1.807, 2.05) is 0 Å². The van der Waals surface area contributed by atoms with E-state index in [2.05, 4.69) is 4.98 Å². The van der Waals surface area contributed by atoms with Gasteiger partial charge in [-0.15, -0.1) is 11.3 Å². The number of piperidine rings is 1.